The second kappa shape index (κ2) is 9.49. The van der Waals surface area contributed by atoms with E-state index in [4.69, 9.17) is 5.11 Å². The van der Waals surface area contributed by atoms with Crippen LogP contribution in [0, 0.1) is 5.41 Å². The van der Waals surface area contributed by atoms with E-state index in [2.05, 4.69) is 11.9 Å². The highest BCUT2D eigenvalue weighted by Gasteiger charge is 2.42. The van der Waals surface area contributed by atoms with E-state index in [1.165, 1.54) is 25.7 Å². The summed E-state index contributed by atoms with van der Waals surface area (Å²) in [6.07, 6.45) is 10.6. The quantitative estimate of drug-likeness (QED) is 0.480. The summed E-state index contributed by atoms with van der Waals surface area (Å²) in [7, 11) is 0. The highest BCUT2D eigenvalue weighted by molar-refractivity contribution is 5.79. The summed E-state index contributed by atoms with van der Waals surface area (Å²) >= 11 is 0. The standard InChI is InChI=1S/C17H30N2O3/c1-3-4-5-6-7-8-9-10-12-18-16(22)19-13-11-17(2,14-19)15(20)21/h3H,1,4-14H2,2H3,(H,18,22)(H,20,21). The largest absolute Gasteiger partial charge is 0.481 e. The van der Waals surface area contributed by atoms with E-state index in [9.17, 15) is 9.59 Å². The van der Waals surface area contributed by atoms with Crippen molar-refractivity contribution in [3.63, 3.8) is 0 Å². The van der Waals surface area contributed by atoms with Crippen molar-refractivity contribution in [2.24, 2.45) is 5.41 Å². The zero-order valence-corrected chi connectivity index (χ0v) is 13.8. The Morgan fingerprint density at radius 2 is 1.86 bits per heavy atom. The van der Waals surface area contributed by atoms with E-state index < -0.39 is 11.4 Å². The predicted octanol–water partition coefficient (Wildman–Crippen LogP) is 3.41. The molecule has 0 saturated carbocycles. The molecule has 1 aliphatic heterocycles. The number of nitrogens with one attached hydrogen (secondary N) is 1. The number of nitrogens with zero attached hydrogens (tertiary/aromatic N) is 1. The van der Waals surface area contributed by atoms with Gasteiger partial charge in [-0.05, 0) is 32.6 Å². The fourth-order valence-corrected chi connectivity index (χ4v) is 2.74. The van der Waals surface area contributed by atoms with E-state index in [-0.39, 0.29) is 6.03 Å². The van der Waals surface area contributed by atoms with Gasteiger partial charge in [-0.25, -0.2) is 4.79 Å². The van der Waals surface area contributed by atoms with Gasteiger partial charge in [0.2, 0.25) is 0 Å². The smallest absolute Gasteiger partial charge is 0.317 e. The summed E-state index contributed by atoms with van der Waals surface area (Å²) < 4.78 is 0. The number of aliphatic carboxylic acids is 1. The SMILES string of the molecule is C=CCCCCCCCCNC(=O)N1CCC(C)(C(=O)O)C1. The number of allylic oxidation sites excluding steroid dienone is 1. The van der Waals surface area contributed by atoms with E-state index in [1.54, 1.807) is 11.8 Å². The molecule has 5 heteroatoms. The zero-order valence-electron chi connectivity index (χ0n) is 13.8. The lowest BCUT2D eigenvalue weighted by Gasteiger charge is -2.20. The summed E-state index contributed by atoms with van der Waals surface area (Å²) in [4.78, 5) is 24.7. The van der Waals surface area contributed by atoms with E-state index in [0.29, 0.717) is 26.1 Å². The highest BCUT2D eigenvalue weighted by Crippen LogP contribution is 2.29. The van der Waals surface area contributed by atoms with Crippen molar-refractivity contribution in [3.8, 4) is 0 Å². The van der Waals surface area contributed by atoms with Gasteiger partial charge in [-0.1, -0.05) is 31.8 Å². The lowest BCUT2D eigenvalue weighted by atomic mass is 9.90. The Morgan fingerprint density at radius 3 is 2.45 bits per heavy atom. The van der Waals surface area contributed by atoms with Gasteiger partial charge in [-0.3, -0.25) is 4.79 Å². The van der Waals surface area contributed by atoms with Crippen molar-refractivity contribution < 1.29 is 14.7 Å². The maximum atomic E-state index is 12.0. The van der Waals surface area contributed by atoms with Crippen LogP contribution < -0.4 is 5.32 Å². The molecule has 1 heterocycles. The molecule has 2 amide bonds. The summed E-state index contributed by atoms with van der Waals surface area (Å²) in [5, 5.41) is 12.1. The lowest BCUT2D eigenvalue weighted by Crippen LogP contribution is -2.41. The molecule has 0 aromatic rings. The molecular weight excluding hydrogens is 280 g/mol. The number of likely N-dealkylation sites (tertiary alicyclic amines) is 1. The minimum Gasteiger partial charge on any atom is -0.481 e. The molecule has 126 valence electrons. The van der Waals surface area contributed by atoms with Crippen molar-refractivity contribution in [1.82, 2.24) is 10.2 Å². The van der Waals surface area contributed by atoms with Gasteiger partial charge < -0.3 is 15.3 Å². The number of urea groups is 1. The number of rotatable bonds is 10. The lowest BCUT2D eigenvalue weighted by molar-refractivity contribution is -0.146. The maximum Gasteiger partial charge on any atom is 0.317 e. The first-order chi connectivity index (χ1) is 10.5. The predicted molar refractivity (Wildman–Crippen MR) is 87.8 cm³/mol. The van der Waals surface area contributed by atoms with Crippen LogP contribution in [-0.4, -0.2) is 41.6 Å². The van der Waals surface area contributed by atoms with Gasteiger partial charge in [0.05, 0.1) is 5.41 Å². The third-order valence-corrected chi connectivity index (χ3v) is 4.39. The Hall–Kier alpha value is -1.52. The highest BCUT2D eigenvalue weighted by atomic mass is 16.4. The average molecular weight is 310 g/mol. The second-order valence-corrected chi connectivity index (χ2v) is 6.47. The van der Waals surface area contributed by atoms with Gasteiger partial charge in [-0.2, -0.15) is 0 Å². The van der Waals surface area contributed by atoms with Crippen LogP contribution in [0.5, 0.6) is 0 Å². The van der Waals surface area contributed by atoms with Crippen LogP contribution in [0.4, 0.5) is 4.79 Å². The van der Waals surface area contributed by atoms with Crippen LogP contribution in [0.2, 0.25) is 0 Å². The Bertz CT molecular complexity index is 384. The monoisotopic (exact) mass is 310 g/mol. The van der Waals surface area contributed by atoms with Crippen molar-refractivity contribution in [2.45, 2.75) is 58.3 Å². The molecule has 5 nitrogen and oxygen atoms in total. The molecular formula is C17H30N2O3. The molecule has 1 atom stereocenters. The average Bonchev–Trinajstić information content (AvgIpc) is 2.89. The first-order valence-corrected chi connectivity index (χ1v) is 8.37. The van der Waals surface area contributed by atoms with E-state index in [0.717, 1.165) is 19.3 Å². The number of carboxylic acid groups (broad SMARTS) is 1. The van der Waals surface area contributed by atoms with Gasteiger partial charge in [0.25, 0.3) is 0 Å². The Kier molecular flexibility index (Phi) is 7.99. The van der Waals surface area contributed by atoms with Crippen LogP contribution in [-0.2, 0) is 4.79 Å². The van der Waals surface area contributed by atoms with Crippen molar-refractivity contribution >= 4 is 12.0 Å². The Balaban J connectivity index is 2.05. The van der Waals surface area contributed by atoms with Crippen molar-refractivity contribution in [1.29, 1.82) is 0 Å². The third-order valence-electron chi connectivity index (χ3n) is 4.39. The fourth-order valence-electron chi connectivity index (χ4n) is 2.74. The van der Waals surface area contributed by atoms with Crippen LogP contribution in [0.3, 0.4) is 0 Å². The minimum atomic E-state index is -0.820. The number of amides is 2. The van der Waals surface area contributed by atoms with Crippen LogP contribution in [0.25, 0.3) is 0 Å². The molecule has 22 heavy (non-hydrogen) atoms. The molecule has 1 fully saturated rings. The molecule has 0 spiro atoms. The molecule has 0 aliphatic carbocycles. The van der Waals surface area contributed by atoms with Gasteiger partial charge in [0, 0.05) is 19.6 Å². The molecule has 1 unspecified atom stereocenters. The van der Waals surface area contributed by atoms with E-state index >= 15 is 0 Å². The van der Waals surface area contributed by atoms with Gasteiger partial charge >= 0.3 is 12.0 Å². The zero-order chi connectivity index (χ0) is 16.4. The molecule has 2 N–H and O–H groups in total. The number of carboxylic acids is 1. The van der Waals surface area contributed by atoms with Crippen LogP contribution >= 0.6 is 0 Å². The minimum absolute atomic E-state index is 0.129. The second-order valence-electron chi connectivity index (χ2n) is 6.47. The Labute approximate surface area is 133 Å². The Morgan fingerprint density at radius 1 is 1.23 bits per heavy atom. The fraction of sp³-hybridized carbons (Fsp3) is 0.765. The van der Waals surface area contributed by atoms with E-state index in [1.807, 2.05) is 6.08 Å². The molecule has 1 aliphatic rings. The molecule has 1 saturated heterocycles. The molecule has 0 aromatic carbocycles. The first kappa shape index (κ1) is 18.5. The van der Waals surface area contributed by atoms with Crippen molar-refractivity contribution in [3.05, 3.63) is 12.7 Å². The number of unbranched alkanes of at least 4 members (excludes halogenated alkanes) is 6. The first-order valence-electron chi connectivity index (χ1n) is 8.37. The van der Waals surface area contributed by atoms with Crippen LogP contribution in [0.1, 0.15) is 58.3 Å². The molecule has 0 bridgehead atoms. The van der Waals surface area contributed by atoms with Crippen molar-refractivity contribution in [2.75, 3.05) is 19.6 Å². The molecule has 1 rings (SSSR count). The summed E-state index contributed by atoms with van der Waals surface area (Å²) in [6, 6.07) is -0.129. The third kappa shape index (κ3) is 6.08. The maximum absolute atomic E-state index is 12.0. The summed E-state index contributed by atoms with van der Waals surface area (Å²) in [5.41, 5.74) is -0.789. The summed E-state index contributed by atoms with van der Waals surface area (Å²) in [6.45, 7) is 6.91. The summed E-state index contributed by atoms with van der Waals surface area (Å²) in [5.74, 6) is -0.820. The number of carbonyl (C=O) groups excluding carboxylic acids is 1. The number of hydrogen-bond donors (Lipinski definition) is 2. The van der Waals surface area contributed by atoms with Gasteiger partial charge in [0.15, 0.2) is 0 Å². The molecule has 0 aromatic heterocycles. The van der Waals surface area contributed by atoms with Gasteiger partial charge in [-0.15, -0.1) is 6.58 Å². The van der Waals surface area contributed by atoms with Crippen LogP contribution in [0.15, 0.2) is 12.7 Å². The number of carbonyl (C=O) groups is 2. The molecule has 0 radical (unpaired) electrons. The van der Waals surface area contributed by atoms with Gasteiger partial charge in [0.1, 0.15) is 0 Å². The number of hydrogen-bond acceptors (Lipinski definition) is 2. The normalized spacial score (nSPS) is 20.9. The topological polar surface area (TPSA) is 69.6 Å².